The Morgan fingerprint density at radius 3 is 2.50 bits per heavy atom. The first-order chi connectivity index (χ1) is 14.3. The van der Waals surface area contributed by atoms with Crippen molar-refractivity contribution in [2.75, 3.05) is 25.2 Å². The normalized spacial score (nSPS) is 12.2. The highest BCUT2D eigenvalue weighted by molar-refractivity contribution is 7.99. The number of amides is 1. The van der Waals surface area contributed by atoms with E-state index in [2.05, 4.69) is 15.5 Å². The van der Waals surface area contributed by atoms with Crippen molar-refractivity contribution in [1.82, 2.24) is 19.7 Å². The molecule has 1 amide bonds. The smallest absolute Gasteiger partial charge is 0.234 e. The molecule has 0 saturated heterocycles. The quantitative estimate of drug-likeness (QED) is 0.443. The molecule has 3 rings (SSSR count). The molecule has 0 saturated carbocycles. The van der Waals surface area contributed by atoms with E-state index in [1.807, 2.05) is 54.8 Å². The molecule has 10 heteroatoms. The van der Waals surface area contributed by atoms with Gasteiger partial charge in [-0.1, -0.05) is 52.6 Å². The molecule has 1 aromatic heterocycles. The minimum atomic E-state index is -0.225. The van der Waals surface area contributed by atoms with Crippen LogP contribution in [0.4, 0.5) is 5.69 Å². The van der Waals surface area contributed by atoms with Gasteiger partial charge in [-0.2, -0.15) is 0 Å². The van der Waals surface area contributed by atoms with E-state index < -0.39 is 0 Å². The van der Waals surface area contributed by atoms with Gasteiger partial charge in [-0.05, 0) is 57.4 Å². The number of nitrogens with one attached hydrogen (secondary N) is 1. The van der Waals surface area contributed by atoms with Gasteiger partial charge in [0, 0.05) is 10.7 Å². The van der Waals surface area contributed by atoms with Gasteiger partial charge in [0.25, 0.3) is 0 Å². The molecule has 0 spiro atoms. The third-order valence-corrected chi connectivity index (χ3v) is 6.45. The average molecular weight is 485 g/mol. The van der Waals surface area contributed by atoms with E-state index in [4.69, 9.17) is 34.8 Å². The van der Waals surface area contributed by atoms with Crippen LogP contribution in [0.15, 0.2) is 47.6 Å². The summed E-state index contributed by atoms with van der Waals surface area (Å²) in [5, 5.41) is 13.4. The summed E-state index contributed by atoms with van der Waals surface area (Å²) in [6.07, 6.45) is 0. The predicted octanol–water partition coefficient (Wildman–Crippen LogP) is 5.58. The molecule has 158 valence electrons. The Kier molecular flexibility index (Phi) is 7.65. The molecule has 2 aromatic carbocycles. The van der Waals surface area contributed by atoms with Gasteiger partial charge in [0.2, 0.25) is 5.91 Å². The van der Waals surface area contributed by atoms with Gasteiger partial charge in [-0.3, -0.25) is 14.3 Å². The van der Waals surface area contributed by atoms with Gasteiger partial charge < -0.3 is 5.32 Å². The zero-order valence-electron chi connectivity index (χ0n) is 16.6. The third-order valence-electron chi connectivity index (χ3n) is 4.45. The van der Waals surface area contributed by atoms with Gasteiger partial charge in [0.15, 0.2) is 11.0 Å². The second-order valence-electron chi connectivity index (χ2n) is 6.73. The number of carbonyl (C=O) groups excluding carboxylic acids is 1. The Labute approximate surface area is 194 Å². The van der Waals surface area contributed by atoms with Crippen molar-refractivity contribution in [3.05, 3.63) is 63.4 Å². The van der Waals surface area contributed by atoms with Crippen molar-refractivity contribution in [2.45, 2.75) is 18.1 Å². The van der Waals surface area contributed by atoms with Crippen LogP contribution in [0, 0.1) is 0 Å². The Morgan fingerprint density at radius 2 is 1.83 bits per heavy atom. The van der Waals surface area contributed by atoms with Gasteiger partial charge in [0.1, 0.15) is 0 Å². The van der Waals surface area contributed by atoms with Crippen LogP contribution in [0.1, 0.15) is 18.8 Å². The van der Waals surface area contributed by atoms with Crippen molar-refractivity contribution >= 4 is 58.2 Å². The Bertz CT molecular complexity index is 1040. The van der Waals surface area contributed by atoms with Crippen LogP contribution < -0.4 is 5.32 Å². The van der Waals surface area contributed by atoms with Gasteiger partial charge in [-0.25, -0.2) is 0 Å². The molecule has 3 aromatic rings. The van der Waals surface area contributed by atoms with Crippen molar-refractivity contribution < 1.29 is 4.79 Å². The van der Waals surface area contributed by atoms with Crippen molar-refractivity contribution in [1.29, 1.82) is 0 Å². The standard InChI is InChI=1S/C20H20Cl3N5OS/c1-12(27(2)3)19-25-26-20(28(19)14-9-7-13(21)8-10-14)30-11-17(29)24-16-6-4-5-15(22)18(16)23/h4-10,12H,11H2,1-3H3,(H,24,29). The number of hydrogen-bond acceptors (Lipinski definition) is 5. The number of carbonyl (C=O) groups is 1. The Hall–Kier alpha value is -1.77. The number of hydrogen-bond donors (Lipinski definition) is 1. The molecule has 1 N–H and O–H groups in total. The van der Waals surface area contributed by atoms with Gasteiger partial charge in [-0.15, -0.1) is 10.2 Å². The summed E-state index contributed by atoms with van der Waals surface area (Å²) < 4.78 is 1.94. The molecule has 0 fully saturated rings. The summed E-state index contributed by atoms with van der Waals surface area (Å²) in [5.41, 5.74) is 1.34. The van der Waals surface area contributed by atoms with Crippen LogP contribution in [0.5, 0.6) is 0 Å². The zero-order valence-corrected chi connectivity index (χ0v) is 19.6. The van der Waals surface area contributed by atoms with Crippen LogP contribution in [0.25, 0.3) is 5.69 Å². The van der Waals surface area contributed by atoms with Crippen LogP contribution in [-0.2, 0) is 4.79 Å². The molecule has 0 aliphatic rings. The van der Waals surface area contributed by atoms with Gasteiger partial charge in [0.05, 0.1) is 27.5 Å². The highest BCUT2D eigenvalue weighted by atomic mass is 35.5. The lowest BCUT2D eigenvalue weighted by Gasteiger charge is -2.20. The Balaban J connectivity index is 1.82. The Morgan fingerprint density at radius 1 is 1.13 bits per heavy atom. The van der Waals surface area contributed by atoms with Crippen LogP contribution >= 0.6 is 46.6 Å². The van der Waals surface area contributed by atoms with Crippen molar-refractivity contribution in [3.8, 4) is 5.69 Å². The van der Waals surface area contributed by atoms with E-state index in [1.54, 1.807) is 18.2 Å². The summed E-state index contributed by atoms with van der Waals surface area (Å²) in [4.78, 5) is 14.5. The van der Waals surface area contributed by atoms with Crippen molar-refractivity contribution in [3.63, 3.8) is 0 Å². The van der Waals surface area contributed by atoms with E-state index in [0.717, 1.165) is 11.5 Å². The van der Waals surface area contributed by atoms with E-state index >= 15 is 0 Å². The first-order valence-electron chi connectivity index (χ1n) is 9.02. The number of rotatable bonds is 7. The summed E-state index contributed by atoms with van der Waals surface area (Å²) in [5.74, 6) is 0.672. The van der Waals surface area contributed by atoms with Crippen molar-refractivity contribution in [2.24, 2.45) is 0 Å². The largest absolute Gasteiger partial charge is 0.324 e. The monoisotopic (exact) mass is 483 g/mol. The van der Waals surface area contributed by atoms with Crippen LogP contribution in [0.2, 0.25) is 15.1 Å². The molecule has 1 unspecified atom stereocenters. The second kappa shape index (κ2) is 10.0. The zero-order chi connectivity index (χ0) is 21.8. The molecular formula is C20H20Cl3N5OS. The van der Waals surface area contributed by atoms with E-state index in [1.165, 1.54) is 11.8 Å². The van der Waals surface area contributed by atoms with E-state index in [9.17, 15) is 4.79 Å². The highest BCUT2D eigenvalue weighted by Gasteiger charge is 2.21. The summed E-state index contributed by atoms with van der Waals surface area (Å²) >= 11 is 19.5. The fourth-order valence-electron chi connectivity index (χ4n) is 2.63. The summed E-state index contributed by atoms with van der Waals surface area (Å²) in [6.45, 7) is 2.04. The average Bonchev–Trinajstić information content (AvgIpc) is 3.13. The molecule has 6 nitrogen and oxygen atoms in total. The predicted molar refractivity (Wildman–Crippen MR) is 124 cm³/mol. The lowest BCUT2D eigenvalue weighted by Crippen LogP contribution is -2.21. The molecule has 1 atom stereocenters. The maximum atomic E-state index is 12.5. The summed E-state index contributed by atoms with van der Waals surface area (Å²) in [7, 11) is 3.95. The molecule has 0 aliphatic heterocycles. The topological polar surface area (TPSA) is 63.1 Å². The molecule has 1 heterocycles. The maximum absolute atomic E-state index is 12.5. The fraction of sp³-hybridized carbons (Fsp3) is 0.250. The molecule has 30 heavy (non-hydrogen) atoms. The van der Waals surface area contributed by atoms with Crippen LogP contribution in [-0.4, -0.2) is 45.4 Å². The molecule has 0 bridgehead atoms. The number of halogens is 3. The first-order valence-corrected chi connectivity index (χ1v) is 11.1. The third kappa shape index (κ3) is 5.28. The minimum Gasteiger partial charge on any atom is -0.324 e. The van der Waals surface area contributed by atoms with Gasteiger partial charge >= 0.3 is 0 Å². The lowest BCUT2D eigenvalue weighted by molar-refractivity contribution is -0.113. The molecular weight excluding hydrogens is 465 g/mol. The number of benzene rings is 2. The minimum absolute atomic E-state index is 0.0154. The van der Waals surface area contributed by atoms with Crippen LogP contribution in [0.3, 0.4) is 0 Å². The number of anilines is 1. The maximum Gasteiger partial charge on any atom is 0.234 e. The number of thioether (sulfide) groups is 1. The number of nitrogens with zero attached hydrogens (tertiary/aromatic N) is 4. The van der Waals surface area contributed by atoms with E-state index in [0.29, 0.717) is 25.9 Å². The SMILES string of the molecule is CC(c1nnc(SCC(=O)Nc2cccc(Cl)c2Cl)n1-c1ccc(Cl)cc1)N(C)C. The molecule has 0 radical (unpaired) electrons. The second-order valence-corrected chi connectivity index (χ2v) is 8.89. The number of aromatic nitrogens is 3. The highest BCUT2D eigenvalue weighted by Crippen LogP contribution is 2.30. The lowest BCUT2D eigenvalue weighted by atomic mass is 10.2. The van der Waals surface area contributed by atoms with E-state index in [-0.39, 0.29) is 17.7 Å². The molecule has 0 aliphatic carbocycles. The summed E-state index contributed by atoms with van der Waals surface area (Å²) in [6, 6.07) is 12.5. The fourth-order valence-corrected chi connectivity index (χ4v) is 3.86. The first kappa shape index (κ1) is 22.9.